The molecule has 13 atom stereocenters. The molecule has 0 radical (unpaired) electrons. The predicted octanol–water partition coefficient (Wildman–Crippen LogP) is 5.86. The Morgan fingerprint density at radius 1 is 1.09 bits per heavy atom. The van der Waals surface area contributed by atoms with Gasteiger partial charge in [-0.25, -0.2) is 0 Å². The summed E-state index contributed by atoms with van der Waals surface area (Å²) in [6.07, 6.45) is 8.44. The van der Waals surface area contributed by atoms with Gasteiger partial charge < -0.3 is 10.2 Å². The summed E-state index contributed by atoms with van der Waals surface area (Å²) in [5.74, 6) is 4.89. The summed E-state index contributed by atoms with van der Waals surface area (Å²) in [6.45, 7) is 13.9. The van der Waals surface area contributed by atoms with Crippen molar-refractivity contribution in [2.24, 2.45) is 64.1 Å². The van der Waals surface area contributed by atoms with Gasteiger partial charge in [-0.15, -0.1) is 11.6 Å². The number of rotatable bonds is 4. The van der Waals surface area contributed by atoms with Crippen LogP contribution in [0.4, 0.5) is 0 Å². The molecule has 4 heteroatoms. The molecular formula is C29H45ClO3. The molecule has 5 aliphatic rings. The molecule has 4 fully saturated rings. The lowest BCUT2D eigenvalue weighted by Gasteiger charge is -2.64. The maximum Gasteiger partial charge on any atom is 0.164 e. The van der Waals surface area contributed by atoms with E-state index < -0.39 is 22.5 Å². The molecule has 0 aromatic carbocycles. The molecule has 3 nitrogen and oxygen atoms in total. The second-order valence-electron chi connectivity index (χ2n) is 13.6. The van der Waals surface area contributed by atoms with Crippen molar-refractivity contribution in [1.82, 2.24) is 0 Å². The zero-order valence-corrected chi connectivity index (χ0v) is 22.2. The molecule has 0 aromatic heterocycles. The second kappa shape index (κ2) is 7.81. The first-order valence-electron chi connectivity index (χ1n) is 13.6. The van der Waals surface area contributed by atoms with E-state index >= 15 is 0 Å². The van der Waals surface area contributed by atoms with E-state index in [9.17, 15) is 15.0 Å². The highest BCUT2D eigenvalue weighted by Crippen LogP contribution is 2.70. The first kappa shape index (κ1) is 24.3. The number of fused-ring (bicyclic) bond motifs is 5. The number of ketones is 1. The van der Waals surface area contributed by atoms with Gasteiger partial charge in [0.2, 0.25) is 0 Å². The van der Waals surface area contributed by atoms with Crippen LogP contribution in [0.15, 0.2) is 12.2 Å². The van der Waals surface area contributed by atoms with Crippen LogP contribution in [0.25, 0.3) is 0 Å². The fraction of sp³-hybridized carbons (Fsp3) is 0.897. The topological polar surface area (TPSA) is 57.5 Å². The van der Waals surface area contributed by atoms with Crippen molar-refractivity contribution in [3.8, 4) is 0 Å². The van der Waals surface area contributed by atoms with E-state index in [1.54, 1.807) is 12.2 Å². The number of aliphatic hydroxyl groups excluding tert-OH is 1. The lowest BCUT2D eigenvalue weighted by Crippen LogP contribution is -2.70. The molecule has 0 bridgehead atoms. The Morgan fingerprint density at radius 3 is 2.45 bits per heavy atom. The van der Waals surface area contributed by atoms with Gasteiger partial charge >= 0.3 is 0 Å². The number of hydrogen-bond acceptors (Lipinski definition) is 3. The van der Waals surface area contributed by atoms with Gasteiger partial charge in [-0.2, -0.15) is 0 Å². The van der Waals surface area contributed by atoms with Crippen LogP contribution in [0.3, 0.4) is 0 Å². The second-order valence-corrected chi connectivity index (χ2v) is 14.1. The highest BCUT2D eigenvalue weighted by molar-refractivity contribution is 6.22. The van der Waals surface area contributed by atoms with E-state index in [4.69, 9.17) is 11.6 Å². The number of carbonyl (C=O) groups is 1. The van der Waals surface area contributed by atoms with Gasteiger partial charge in [0.25, 0.3) is 0 Å². The largest absolute Gasteiger partial charge is 0.393 e. The van der Waals surface area contributed by atoms with Gasteiger partial charge in [0.1, 0.15) is 0 Å². The monoisotopic (exact) mass is 476 g/mol. The minimum Gasteiger partial charge on any atom is -0.393 e. The van der Waals surface area contributed by atoms with Crippen LogP contribution in [-0.2, 0) is 4.79 Å². The van der Waals surface area contributed by atoms with Crippen molar-refractivity contribution in [2.45, 2.75) is 97.1 Å². The molecule has 0 amide bonds. The van der Waals surface area contributed by atoms with Crippen molar-refractivity contribution in [3.63, 3.8) is 0 Å². The summed E-state index contributed by atoms with van der Waals surface area (Å²) in [4.78, 5) is 13.3. The van der Waals surface area contributed by atoms with Gasteiger partial charge in [-0.05, 0) is 104 Å². The van der Waals surface area contributed by atoms with Crippen LogP contribution >= 0.6 is 11.6 Å². The molecule has 0 heterocycles. The molecule has 186 valence electrons. The Balaban J connectivity index is 1.43. The Hall–Kier alpha value is -0.380. The van der Waals surface area contributed by atoms with E-state index in [0.717, 1.165) is 30.1 Å². The first-order chi connectivity index (χ1) is 15.4. The SMILES string of the molecule is CC(C)[C@@H](C)[C@H]1C[C@H]1[C@@H](C)[C@H]1CC[C@H]2[C@@H]3C[C@H](Cl)[C@]4(O)CC=CC(=O)[C@]4(C)[C@H]3[C@H](O)C[C@]12C. The lowest BCUT2D eigenvalue weighted by atomic mass is 9.42. The van der Waals surface area contributed by atoms with Crippen LogP contribution in [0.1, 0.15) is 80.1 Å². The standard InChI is InChI=1S/C29H45ClO3/c1-15(2)16(3)18-12-19(18)17(4)21-9-10-22-20-13-24(30)29(33)11-7-8-25(32)28(29,6)26(20)23(31)14-27(21,22)5/h7-8,15-24,26,31,33H,9-14H2,1-6H3/t16-,17-,18-,19+,20+,21-,22+,23-,24+,26-,27-,28-,29-/m1/s1. The number of alkyl halides is 1. The van der Waals surface area contributed by atoms with Crippen LogP contribution in [0, 0.1) is 64.1 Å². The zero-order valence-electron chi connectivity index (χ0n) is 21.4. The van der Waals surface area contributed by atoms with E-state index in [1.807, 2.05) is 6.92 Å². The van der Waals surface area contributed by atoms with Gasteiger partial charge in [0, 0.05) is 5.92 Å². The maximum absolute atomic E-state index is 13.3. The highest BCUT2D eigenvalue weighted by atomic mass is 35.5. The summed E-state index contributed by atoms with van der Waals surface area (Å²) >= 11 is 6.91. The average molecular weight is 477 g/mol. The van der Waals surface area contributed by atoms with Crippen LogP contribution in [-0.4, -0.2) is 33.1 Å². The molecule has 5 aliphatic carbocycles. The summed E-state index contributed by atoms with van der Waals surface area (Å²) in [6, 6.07) is 0. The fourth-order valence-electron chi connectivity index (χ4n) is 9.92. The molecule has 0 unspecified atom stereocenters. The zero-order chi connectivity index (χ0) is 24.1. The van der Waals surface area contributed by atoms with Gasteiger partial charge in [-0.3, -0.25) is 4.79 Å². The van der Waals surface area contributed by atoms with Gasteiger partial charge in [0.05, 0.1) is 22.5 Å². The number of halogens is 1. The molecule has 33 heavy (non-hydrogen) atoms. The summed E-state index contributed by atoms with van der Waals surface area (Å²) in [5, 5.41) is 22.9. The Labute approximate surface area is 205 Å². The van der Waals surface area contributed by atoms with Gasteiger partial charge in [-0.1, -0.05) is 40.7 Å². The Kier molecular flexibility index (Phi) is 5.75. The number of carbonyl (C=O) groups excluding carboxylic acids is 1. The molecule has 4 saturated carbocycles. The molecule has 0 aromatic rings. The van der Waals surface area contributed by atoms with Crippen molar-refractivity contribution < 1.29 is 15.0 Å². The minimum absolute atomic E-state index is 0.0503. The van der Waals surface area contributed by atoms with Crippen LogP contribution in [0.5, 0.6) is 0 Å². The average Bonchev–Trinajstić information content (AvgIpc) is 3.45. The van der Waals surface area contributed by atoms with Crippen molar-refractivity contribution in [3.05, 3.63) is 12.2 Å². The van der Waals surface area contributed by atoms with Crippen LogP contribution < -0.4 is 0 Å². The van der Waals surface area contributed by atoms with Crippen molar-refractivity contribution >= 4 is 17.4 Å². The van der Waals surface area contributed by atoms with E-state index in [2.05, 4.69) is 34.6 Å². The number of hydrogen-bond donors (Lipinski definition) is 2. The maximum atomic E-state index is 13.3. The molecular weight excluding hydrogens is 432 g/mol. The summed E-state index contributed by atoms with van der Waals surface area (Å²) < 4.78 is 0. The Morgan fingerprint density at radius 2 is 1.79 bits per heavy atom. The fourth-order valence-corrected chi connectivity index (χ4v) is 10.4. The predicted molar refractivity (Wildman–Crippen MR) is 133 cm³/mol. The summed E-state index contributed by atoms with van der Waals surface area (Å²) in [5.41, 5.74) is -2.18. The van der Waals surface area contributed by atoms with Crippen molar-refractivity contribution in [2.75, 3.05) is 0 Å². The van der Waals surface area contributed by atoms with E-state index in [0.29, 0.717) is 30.6 Å². The molecule has 2 N–H and O–H groups in total. The highest BCUT2D eigenvalue weighted by Gasteiger charge is 2.71. The normalized spacial score (nSPS) is 55.0. The quantitative estimate of drug-likeness (QED) is 0.500. The molecule has 0 spiro atoms. The Bertz CT molecular complexity index is 839. The smallest absolute Gasteiger partial charge is 0.164 e. The molecule has 0 saturated heterocycles. The van der Waals surface area contributed by atoms with Crippen LogP contribution in [0.2, 0.25) is 0 Å². The molecule has 5 rings (SSSR count). The van der Waals surface area contributed by atoms with Crippen molar-refractivity contribution in [1.29, 1.82) is 0 Å². The van der Waals surface area contributed by atoms with Gasteiger partial charge in [0.15, 0.2) is 5.78 Å². The third-order valence-corrected chi connectivity index (χ3v) is 12.8. The number of allylic oxidation sites excluding steroid dienone is 1. The lowest BCUT2D eigenvalue weighted by molar-refractivity contribution is -0.215. The van der Waals surface area contributed by atoms with E-state index in [-0.39, 0.29) is 23.0 Å². The summed E-state index contributed by atoms with van der Waals surface area (Å²) in [7, 11) is 0. The first-order valence-corrected chi connectivity index (χ1v) is 14.1. The third kappa shape index (κ3) is 3.17. The molecule has 0 aliphatic heterocycles. The van der Waals surface area contributed by atoms with E-state index in [1.165, 1.54) is 19.3 Å². The third-order valence-electron chi connectivity index (χ3n) is 12.2. The minimum atomic E-state index is -1.27. The number of aliphatic hydroxyl groups is 2.